The normalized spacial score (nSPS) is 15.2. The van der Waals surface area contributed by atoms with Crippen LogP contribution in [0.1, 0.15) is 29.6 Å². The van der Waals surface area contributed by atoms with Gasteiger partial charge in [-0.3, -0.25) is 4.79 Å². The second-order valence-electron chi connectivity index (χ2n) is 5.07. The molecular weight excluding hydrogens is 254 g/mol. The number of nitrogens with two attached hydrogens (primary N) is 1. The van der Waals surface area contributed by atoms with Gasteiger partial charge in [0.05, 0.1) is 12.2 Å². The SMILES string of the molecule is COCCNC(=O)c1cc(N)ccc1N1CCCCC1. The van der Waals surface area contributed by atoms with Gasteiger partial charge < -0.3 is 20.7 Å². The fraction of sp³-hybridized carbons (Fsp3) is 0.533. The Bertz CT molecular complexity index is 456. The molecule has 1 aromatic rings. The van der Waals surface area contributed by atoms with Crippen LogP contribution in [0.5, 0.6) is 0 Å². The molecule has 0 aliphatic carbocycles. The Kier molecular flexibility index (Phi) is 5.24. The van der Waals surface area contributed by atoms with Crippen molar-refractivity contribution >= 4 is 17.3 Å². The minimum Gasteiger partial charge on any atom is -0.399 e. The average Bonchev–Trinajstić information content (AvgIpc) is 2.48. The van der Waals surface area contributed by atoms with Crippen molar-refractivity contribution in [3.8, 4) is 0 Å². The number of nitrogen functional groups attached to an aromatic ring is 1. The smallest absolute Gasteiger partial charge is 0.253 e. The van der Waals surface area contributed by atoms with Crippen LogP contribution in [-0.2, 0) is 4.74 Å². The van der Waals surface area contributed by atoms with Crippen LogP contribution in [0.3, 0.4) is 0 Å². The Morgan fingerprint density at radius 3 is 2.80 bits per heavy atom. The molecule has 0 atom stereocenters. The summed E-state index contributed by atoms with van der Waals surface area (Å²) < 4.78 is 4.95. The highest BCUT2D eigenvalue weighted by Gasteiger charge is 2.18. The molecule has 20 heavy (non-hydrogen) atoms. The number of hydrogen-bond acceptors (Lipinski definition) is 4. The van der Waals surface area contributed by atoms with Gasteiger partial charge >= 0.3 is 0 Å². The fourth-order valence-corrected chi connectivity index (χ4v) is 2.51. The fourth-order valence-electron chi connectivity index (χ4n) is 2.51. The zero-order chi connectivity index (χ0) is 14.4. The number of carbonyl (C=O) groups is 1. The van der Waals surface area contributed by atoms with Gasteiger partial charge in [-0.05, 0) is 37.5 Å². The van der Waals surface area contributed by atoms with Gasteiger partial charge in [0, 0.05) is 38.1 Å². The third kappa shape index (κ3) is 3.63. The number of piperidine rings is 1. The van der Waals surface area contributed by atoms with Crippen LogP contribution in [0, 0.1) is 0 Å². The number of hydrogen-bond donors (Lipinski definition) is 2. The highest BCUT2D eigenvalue weighted by molar-refractivity contribution is 6.00. The van der Waals surface area contributed by atoms with Gasteiger partial charge in [-0.2, -0.15) is 0 Å². The van der Waals surface area contributed by atoms with Gasteiger partial charge in [-0.25, -0.2) is 0 Å². The molecule has 0 bridgehead atoms. The van der Waals surface area contributed by atoms with E-state index in [2.05, 4.69) is 10.2 Å². The van der Waals surface area contributed by atoms with E-state index in [-0.39, 0.29) is 5.91 Å². The summed E-state index contributed by atoms with van der Waals surface area (Å²) in [5.74, 6) is -0.0880. The lowest BCUT2D eigenvalue weighted by atomic mass is 10.1. The van der Waals surface area contributed by atoms with E-state index in [1.165, 1.54) is 19.3 Å². The van der Waals surface area contributed by atoms with Gasteiger partial charge in [0.1, 0.15) is 0 Å². The molecule has 1 aliphatic rings. The highest BCUT2D eigenvalue weighted by atomic mass is 16.5. The summed E-state index contributed by atoms with van der Waals surface area (Å²) in [7, 11) is 1.62. The first-order valence-electron chi connectivity index (χ1n) is 7.14. The molecular formula is C15H23N3O2. The number of methoxy groups -OCH3 is 1. The number of carbonyl (C=O) groups excluding carboxylic acids is 1. The molecule has 0 aromatic heterocycles. The predicted octanol–water partition coefficient (Wildman–Crippen LogP) is 1.64. The lowest BCUT2D eigenvalue weighted by Gasteiger charge is -2.30. The molecule has 5 nitrogen and oxygen atoms in total. The van der Waals surface area contributed by atoms with Crippen molar-refractivity contribution in [2.75, 3.05) is 44.0 Å². The Morgan fingerprint density at radius 1 is 1.35 bits per heavy atom. The summed E-state index contributed by atoms with van der Waals surface area (Å²) in [6.45, 7) is 3.02. The Morgan fingerprint density at radius 2 is 2.10 bits per heavy atom. The summed E-state index contributed by atoms with van der Waals surface area (Å²) in [6.07, 6.45) is 3.62. The van der Waals surface area contributed by atoms with Gasteiger partial charge in [0.15, 0.2) is 0 Å². The molecule has 3 N–H and O–H groups in total. The maximum Gasteiger partial charge on any atom is 0.253 e. The minimum atomic E-state index is -0.0880. The number of amides is 1. The second-order valence-corrected chi connectivity index (χ2v) is 5.07. The summed E-state index contributed by atoms with van der Waals surface area (Å²) in [4.78, 5) is 14.6. The van der Waals surface area contributed by atoms with Crippen LogP contribution in [0.25, 0.3) is 0 Å². The van der Waals surface area contributed by atoms with E-state index in [4.69, 9.17) is 10.5 Å². The topological polar surface area (TPSA) is 67.6 Å². The zero-order valence-electron chi connectivity index (χ0n) is 12.0. The molecule has 0 spiro atoms. The number of nitrogens with zero attached hydrogens (tertiary/aromatic N) is 1. The Hall–Kier alpha value is -1.75. The summed E-state index contributed by atoms with van der Waals surface area (Å²) in [5.41, 5.74) is 8.08. The first-order valence-corrected chi connectivity index (χ1v) is 7.14. The van der Waals surface area contributed by atoms with E-state index in [0.717, 1.165) is 18.8 Å². The largest absolute Gasteiger partial charge is 0.399 e. The molecule has 1 heterocycles. The first-order chi connectivity index (χ1) is 9.72. The van der Waals surface area contributed by atoms with Gasteiger partial charge in [-0.15, -0.1) is 0 Å². The monoisotopic (exact) mass is 277 g/mol. The third-order valence-corrected chi connectivity index (χ3v) is 3.55. The summed E-state index contributed by atoms with van der Waals surface area (Å²) in [5, 5.41) is 2.86. The molecule has 1 aliphatic heterocycles. The lowest BCUT2D eigenvalue weighted by molar-refractivity contribution is 0.0937. The Balaban J connectivity index is 2.16. The molecule has 5 heteroatoms. The van der Waals surface area contributed by atoms with Gasteiger partial charge in [0.2, 0.25) is 0 Å². The second kappa shape index (κ2) is 7.14. The number of rotatable bonds is 5. The van der Waals surface area contributed by atoms with Crippen molar-refractivity contribution in [1.82, 2.24) is 5.32 Å². The zero-order valence-corrected chi connectivity index (χ0v) is 12.0. The van der Waals surface area contributed by atoms with Crippen molar-refractivity contribution in [2.45, 2.75) is 19.3 Å². The molecule has 1 fully saturated rings. The van der Waals surface area contributed by atoms with Crippen LogP contribution in [-0.4, -0.2) is 39.3 Å². The van der Waals surface area contributed by atoms with Crippen molar-refractivity contribution in [2.24, 2.45) is 0 Å². The third-order valence-electron chi connectivity index (χ3n) is 3.55. The average molecular weight is 277 g/mol. The molecule has 2 rings (SSSR count). The molecule has 0 unspecified atom stereocenters. The maximum atomic E-state index is 12.3. The minimum absolute atomic E-state index is 0.0880. The molecule has 1 amide bonds. The van der Waals surface area contributed by atoms with E-state index in [1.807, 2.05) is 12.1 Å². The molecule has 110 valence electrons. The van der Waals surface area contributed by atoms with Gasteiger partial charge in [-0.1, -0.05) is 0 Å². The first kappa shape index (κ1) is 14.7. The molecule has 0 saturated carbocycles. The Labute approximate surface area is 120 Å². The van der Waals surface area contributed by atoms with Crippen LogP contribution in [0.2, 0.25) is 0 Å². The van der Waals surface area contributed by atoms with Crippen molar-refractivity contribution in [3.05, 3.63) is 23.8 Å². The number of anilines is 2. The molecule has 1 saturated heterocycles. The standard InChI is InChI=1S/C15H23N3O2/c1-20-10-7-17-15(19)13-11-12(16)5-6-14(13)18-8-3-2-4-9-18/h5-6,11H,2-4,7-10,16H2,1H3,(H,17,19). The van der Waals surface area contributed by atoms with E-state index in [1.54, 1.807) is 13.2 Å². The predicted molar refractivity (Wildman–Crippen MR) is 81.1 cm³/mol. The number of nitrogens with one attached hydrogen (secondary N) is 1. The van der Waals surface area contributed by atoms with Gasteiger partial charge in [0.25, 0.3) is 5.91 Å². The van der Waals surface area contributed by atoms with E-state index >= 15 is 0 Å². The number of benzene rings is 1. The summed E-state index contributed by atoms with van der Waals surface area (Å²) in [6, 6.07) is 5.56. The quantitative estimate of drug-likeness (QED) is 0.634. The maximum absolute atomic E-state index is 12.3. The molecule has 0 radical (unpaired) electrons. The van der Waals surface area contributed by atoms with Crippen molar-refractivity contribution < 1.29 is 9.53 Å². The van der Waals surface area contributed by atoms with Crippen molar-refractivity contribution in [3.63, 3.8) is 0 Å². The van der Waals surface area contributed by atoms with Crippen LogP contribution in [0.15, 0.2) is 18.2 Å². The van der Waals surface area contributed by atoms with Crippen LogP contribution < -0.4 is 16.0 Å². The van der Waals surface area contributed by atoms with E-state index in [9.17, 15) is 4.79 Å². The summed E-state index contributed by atoms with van der Waals surface area (Å²) >= 11 is 0. The van der Waals surface area contributed by atoms with Crippen molar-refractivity contribution in [1.29, 1.82) is 0 Å². The van der Waals surface area contributed by atoms with Crippen LogP contribution in [0.4, 0.5) is 11.4 Å². The number of ether oxygens (including phenoxy) is 1. The lowest BCUT2D eigenvalue weighted by Crippen LogP contribution is -2.33. The highest BCUT2D eigenvalue weighted by Crippen LogP contribution is 2.26. The van der Waals surface area contributed by atoms with E-state index in [0.29, 0.717) is 24.4 Å². The van der Waals surface area contributed by atoms with E-state index < -0.39 is 0 Å². The molecule has 1 aromatic carbocycles. The van der Waals surface area contributed by atoms with Crippen LogP contribution >= 0.6 is 0 Å².